The molecular formula is C25H36N4O4S. The first-order valence-corrected chi connectivity index (χ1v) is 13.3. The summed E-state index contributed by atoms with van der Waals surface area (Å²) >= 11 is 0. The topological polar surface area (TPSA) is 119 Å². The third-order valence-corrected chi connectivity index (χ3v) is 6.75. The predicted octanol–water partition coefficient (Wildman–Crippen LogP) is 4.61. The minimum atomic E-state index is -4.24. The fourth-order valence-electron chi connectivity index (χ4n) is 3.84. The van der Waals surface area contributed by atoms with Gasteiger partial charge in [0.05, 0.1) is 10.4 Å². The van der Waals surface area contributed by atoms with Gasteiger partial charge in [0.15, 0.2) is 5.82 Å². The van der Waals surface area contributed by atoms with Gasteiger partial charge < -0.3 is 15.8 Å². The Morgan fingerprint density at radius 1 is 1.18 bits per heavy atom. The van der Waals surface area contributed by atoms with Crippen LogP contribution >= 0.6 is 0 Å². The van der Waals surface area contributed by atoms with Crippen LogP contribution in [0.15, 0.2) is 47.4 Å². The molecule has 0 amide bonds. The SMILES string of the molecule is CCc1ccc(NCC(C)C)cc1.Nc1nn(CC2CCOCC2)c2ccc(S(=O)(=O)O)cc12. The third-order valence-electron chi connectivity index (χ3n) is 5.90. The van der Waals surface area contributed by atoms with Crippen molar-refractivity contribution >= 4 is 32.5 Å². The number of nitrogens with zero attached hydrogens (tertiary/aromatic N) is 2. The molecular weight excluding hydrogens is 452 g/mol. The van der Waals surface area contributed by atoms with Gasteiger partial charge in [-0.05, 0) is 67.0 Å². The molecule has 186 valence electrons. The standard InChI is InChI=1S/C13H17N3O4S.C12H19N/c14-13-11-7-10(21(17,18)19)1-2-12(11)16(15-13)8-9-3-5-20-6-4-9;1-4-11-5-7-12(8-6-11)13-9-10(2)3/h1-2,7,9H,3-6,8H2,(H2,14,15)(H,17,18,19);5-8,10,13H,4,9H2,1-3H3. The van der Waals surface area contributed by atoms with E-state index in [1.165, 1.54) is 23.4 Å². The van der Waals surface area contributed by atoms with E-state index in [1.54, 1.807) is 10.7 Å². The summed E-state index contributed by atoms with van der Waals surface area (Å²) in [6, 6.07) is 13.0. The van der Waals surface area contributed by atoms with E-state index < -0.39 is 10.1 Å². The monoisotopic (exact) mass is 488 g/mol. The molecule has 8 nitrogen and oxygen atoms in total. The Bertz CT molecular complexity index is 1170. The average Bonchev–Trinajstić information content (AvgIpc) is 3.13. The lowest BCUT2D eigenvalue weighted by molar-refractivity contribution is 0.0606. The normalized spacial score (nSPS) is 14.7. The quantitative estimate of drug-likeness (QED) is 0.416. The highest BCUT2D eigenvalue weighted by Crippen LogP contribution is 2.26. The number of nitrogens with two attached hydrogens (primary N) is 1. The van der Waals surface area contributed by atoms with Gasteiger partial charge in [0, 0.05) is 37.4 Å². The summed E-state index contributed by atoms with van der Waals surface area (Å²) in [5.41, 5.74) is 9.26. The number of fused-ring (bicyclic) bond motifs is 1. The number of benzene rings is 2. The summed E-state index contributed by atoms with van der Waals surface area (Å²) in [6.07, 6.45) is 3.07. The number of nitrogen functional groups attached to an aromatic ring is 1. The van der Waals surface area contributed by atoms with Gasteiger partial charge >= 0.3 is 0 Å². The van der Waals surface area contributed by atoms with Gasteiger partial charge in [-0.25, -0.2) is 0 Å². The number of nitrogens with one attached hydrogen (secondary N) is 1. The second kappa shape index (κ2) is 11.7. The van der Waals surface area contributed by atoms with E-state index in [0.717, 1.165) is 51.1 Å². The van der Waals surface area contributed by atoms with Crippen molar-refractivity contribution in [1.82, 2.24) is 9.78 Å². The van der Waals surface area contributed by atoms with Crippen LogP contribution in [0.1, 0.15) is 39.2 Å². The number of hydrogen-bond donors (Lipinski definition) is 3. The van der Waals surface area contributed by atoms with E-state index in [-0.39, 0.29) is 10.7 Å². The van der Waals surface area contributed by atoms with Gasteiger partial charge in [-0.1, -0.05) is 32.9 Å². The molecule has 0 aliphatic carbocycles. The van der Waals surface area contributed by atoms with Crippen molar-refractivity contribution in [3.8, 4) is 0 Å². The Morgan fingerprint density at radius 2 is 1.85 bits per heavy atom. The van der Waals surface area contributed by atoms with Crippen molar-refractivity contribution in [2.45, 2.75) is 51.5 Å². The molecule has 4 rings (SSSR count). The number of rotatable bonds is 7. The van der Waals surface area contributed by atoms with E-state index in [4.69, 9.17) is 15.0 Å². The molecule has 3 aromatic rings. The summed E-state index contributed by atoms with van der Waals surface area (Å²) < 4.78 is 38.6. The Balaban J connectivity index is 0.000000215. The van der Waals surface area contributed by atoms with Crippen LogP contribution < -0.4 is 11.1 Å². The van der Waals surface area contributed by atoms with Crippen LogP contribution in [0.4, 0.5) is 11.5 Å². The molecule has 4 N–H and O–H groups in total. The maximum absolute atomic E-state index is 11.2. The fraction of sp³-hybridized carbons (Fsp3) is 0.480. The summed E-state index contributed by atoms with van der Waals surface area (Å²) in [5.74, 6) is 1.44. The maximum Gasteiger partial charge on any atom is 0.294 e. The molecule has 0 unspecified atom stereocenters. The smallest absolute Gasteiger partial charge is 0.294 e. The molecule has 0 bridgehead atoms. The number of aryl methyl sites for hydroxylation is 1. The molecule has 2 heterocycles. The average molecular weight is 489 g/mol. The van der Waals surface area contributed by atoms with E-state index in [2.05, 4.69) is 55.5 Å². The highest BCUT2D eigenvalue weighted by Gasteiger charge is 2.19. The zero-order chi connectivity index (χ0) is 24.7. The lowest BCUT2D eigenvalue weighted by atomic mass is 10.0. The van der Waals surface area contributed by atoms with Crippen LogP contribution in [0.25, 0.3) is 10.9 Å². The van der Waals surface area contributed by atoms with Gasteiger partial charge in [-0.2, -0.15) is 13.5 Å². The minimum absolute atomic E-state index is 0.174. The molecule has 0 radical (unpaired) electrons. The van der Waals surface area contributed by atoms with Crippen LogP contribution in [-0.2, 0) is 27.8 Å². The van der Waals surface area contributed by atoms with Gasteiger partial charge in [-0.15, -0.1) is 0 Å². The summed E-state index contributed by atoms with van der Waals surface area (Å²) in [7, 11) is -4.24. The van der Waals surface area contributed by atoms with Crippen LogP contribution in [0, 0.1) is 11.8 Å². The van der Waals surface area contributed by atoms with Gasteiger partial charge in [0.2, 0.25) is 0 Å². The van der Waals surface area contributed by atoms with E-state index in [0.29, 0.717) is 17.2 Å². The molecule has 1 aliphatic rings. The van der Waals surface area contributed by atoms with E-state index >= 15 is 0 Å². The van der Waals surface area contributed by atoms with Gasteiger partial charge in [-0.3, -0.25) is 9.23 Å². The molecule has 0 atom stereocenters. The molecule has 1 aliphatic heterocycles. The lowest BCUT2D eigenvalue weighted by Crippen LogP contribution is -2.20. The first kappa shape index (κ1) is 26.0. The summed E-state index contributed by atoms with van der Waals surface area (Å²) in [5, 5.41) is 8.22. The van der Waals surface area contributed by atoms with Crippen LogP contribution in [0.3, 0.4) is 0 Å². The second-order valence-electron chi connectivity index (χ2n) is 9.10. The number of aromatic nitrogens is 2. The molecule has 2 aromatic carbocycles. The highest BCUT2D eigenvalue weighted by molar-refractivity contribution is 7.85. The molecule has 1 aromatic heterocycles. The maximum atomic E-state index is 11.2. The number of ether oxygens (including phenoxy) is 1. The third kappa shape index (κ3) is 7.19. The van der Waals surface area contributed by atoms with Crippen molar-refractivity contribution in [3.63, 3.8) is 0 Å². The number of hydrogen-bond acceptors (Lipinski definition) is 6. The molecule has 1 fully saturated rings. The second-order valence-corrected chi connectivity index (χ2v) is 10.5. The predicted molar refractivity (Wildman–Crippen MR) is 137 cm³/mol. The van der Waals surface area contributed by atoms with Crippen molar-refractivity contribution in [2.24, 2.45) is 11.8 Å². The van der Waals surface area contributed by atoms with E-state index in [9.17, 15) is 8.42 Å². The molecule has 1 saturated heterocycles. The minimum Gasteiger partial charge on any atom is -0.385 e. The lowest BCUT2D eigenvalue weighted by Gasteiger charge is -2.22. The van der Waals surface area contributed by atoms with Crippen LogP contribution in [0.5, 0.6) is 0 Å². The first-order valence-electron chi connectivity index (χ1n) is 11.8. The molecule has 9 heteroatoms. The van der Waals surface area contributed by atoms with Gasteiger partial charge in [0.1, 0.15) is 0 Å². The van der Waals surface area contributed by atoms with Crippen molar-refractivity contribution in [3.05, 3.63) is 48.0 Å². The molecule has 0 saturated carbocycles. The zero-order valence-corrected chi connectivity index (χ0v) is 21.0. The Hall–Kier alpha value is -2.62. The highest BCUT2D eigenvalue weighted by atomic mass is 32.2. The van der Waals surface area contributed by atoms with Crippen molar-refractivity contribution in [2.75, 3.05) is 30.8 Å². The van der Waals surface area contributed by atoms with Crippen molar-refractivity contribution in [1.29, 1.82) is 0 Å². The fourth-order valence-corrected chi connectivity index (χ4v) is 4.34. The summed E-state index contributed by atoms with van der Waals surface area (Å²) in [4.78, 5) is -0.174. The Kier molecular flexibility index (Phi) is 8.93. The van der Waals surface area contributed by atoms with Gasteiger partial charge in [0.25, 0.3) is 10.1 Å². The zero-order valence-electron chi connectivity index (χ0n) is 20.2. The van der Waals surface area contributed by atoms with Crippen LogP contribution in [0.2, 0.25) is 0 Å². The Morgan fingerprint density at radius 3 is 2.44 bits per heavy atom. The van der Waals surface area contributed by atoms with Crippen LogP contribution in [-0.4, -0.2) is 42.5 Å². The largest absolute Gasteiger partial charge is 0.385 e. The van der Waals surface area contributed by atoms with Crippen molar-refractivity contribution < 1.29 is 17.7 Å². The number of anilines is 2. The Labute approximate surface area is 202 Å². The first-order chi connectivity index (χ1) is 16.2. The summed E-state index contributed by atoms with van der Waals surface area (Å²) in [6.45, 7) is 9.89. The molecule has 34 heavy (non-hydrogen) atoms. The van der Waals surface area contributed by atoms with E-state index in [1.807, 2.05) is 0 Å². The molecule has 0 spiro atoms.